The maximum Gasteiger partial charge on any atom is 0.338 e. The van der Waals surface area contributed by atoms with Crippen LogP contribution < -0.4 is 5.32 Å². The summed E-state index contributed by atoms with van der Waals surface area (Å²) in [5, 5.41) is 2.93. The number of carbonyl (C=O) groups is 5. The molecular weight excluding hydrogens is 979 g/mol. The molecule has 6 aromatic rings. The van der Waals surface area contributed by atoms with E-state index in [0.29, 0.717) is 0 Å². The summed E-state index contributed by atoms with van der Waals surface area (Å²) in [5.41, 5.74) is 1.84. The average molecular weight is 1030 g/mol. The van der Waals surface area contributed by atoms with Gasteiger partial charge in [0.05, 0.1) is 35.5 Å². The average Bonchev–Trinajstić information content (AvgIpc) is 3.86. The Morgan fingerprint density at radius 1 is 0.539 bits per heavy atom. The zero-order chi connectivity index (χ0) is 52.9. The predicted molar refractivity (Wildman–Crippen MR) is 270 cm³/mol. The zero-order valence-corrected chi connectivity index (χ0v) is 41.2. The first-order chi connectivity index (χ1) is 37.1. The van der Waals surface area contributed by atoms with E-state index >= 15 is 0 Å². The second-order valence-corrected chi connectivity index (χ2v) is 17.8. The fourth-order valence-electron chi connectivity index (χ4n) is 8.95. The fraction of sp³-hybridized carbons (Fsp3) is 0.271. The van der Waals surface area contributed by atoms with Gasteiger partial charge < -0.3 is 52.7 Å². The van der Waals surface area contributed by atoms with E-state index in [2.05, 4.69) is 11.9 Å². The molecule has 3 saturated heterocycles. The normalized spacial score (nSPS) is 25.7. The minimum atomic E-state index is -2.36. The lowest BCUT2D eigenvalue weighted by molar-refractivity contribution is -0.411. The summed E-state index contributed by atoms with van der Waals surface area (Å²) in [6.45, 7) is 4.17. The van der Waals surface area contributed by atoms with Crippen molar-refractivity contribution in [3.63, 3.8) is 0 Å². The van der Waals surface area contributed by atoms with Gasteiger partial charge in [0.25, 0.3) is 0 Å². The smallest absolute Gasteiger partial charge is 0.338 e. The van der Waals surface area contributed by atoms with Crippen LogP contribution in [0.1, 0.15) is 59.5 Å². The zero-order valence-electron chi connectivity index (χ0n) is 41.2. The van der Waals surface area contributed by atoms with Gasteiger partial charge in [-0.15, -0.1) is 6.58 Å². The van der Waals surface area contributed by atoms with Crippen LogP contribution in [0.3, 0.4) is 0 Å². The van der Waals surface area contributed by atoms with Crippen LogP contribution >= 0.6 is 0 Å². The molecule has 3 heterocycles. The Morgan fingerprint density at radius 3 is 1.50 bits per heavy atom. The molecule has 3 fully saturated rings. The molecule has 17 heteroatoms. The van der Waals surface area contributed by atoms with Crippen LogP contribution in [0.25, 0.3) is 0 Å². The molecule has 0 bridgehead atoms. The van der Waals surface area contributed by atoms with Crippen LogP contribution in [0.4, 0.5) is 0 Å². The second kappa shape index (κ2) is 25.1. The Morgan fingerprint density at radius 2 is 1.00 bits per heavy atom. The topological polar surface area (TPSA) is 199 Å². The van der Waals surface area contributed by atoms with Crippen molar-refractivity contribution in [1.82, 2.24) is 5.32 Å². The Bertz CT molecular complexity index is 2880. The maximum atomic E-state index is 14.3. The second-order valence-electron chi connectivity index (χ2n) is 17.8. The van der Waals surface area contributed by atoms with E-state index in [1.165, 1.54) is 13.0 Å². The number of esters is 4. The lowest BCUT2D eigenvalue weighted by atomic mass is 9.95. The molecule has 17 nitrogen and oxygen atoms in total. The first-order valence-corrected chi connectivity index (χ1v) is 24.6. The Hall–Kier alpha value is -7.87. The molecule has 6 aromatic carbocycles. The van der Waals surface area contributed by atoms with Crippen molar-refractivity contribution >= 4 is 29.8 Å². The van der Waals surface area contributed by atoms with Crippen molar-refractivity contribution in [3.05, 3.63) is 228 Å². The minimum Gasteiger partial charge on any atom is -0.459 e. The summed E-state index contributed by atoms with van der Waals surface area (Å²) in [4.78, 5) is 68.7. The molecule has 9 rings (SSSR count). The molecular formula is C59H55NO16. The molecule has 1 amide bonds. The third kappa shape index (κ3) is 12.8. The fourth-order valence-corrected chi connectivity index (χ4v) is 8.95. The van der Waals surface area contributed by atoms with Gasteiger partial charge in [-0.3, -0.25) is 9.53 Å². The standard InChI is InChI=1S/C59H55NO16/c1-3-34-66-50-47(60-38(2)61)57(69-35-39-22-10-4-11-23-39)70-46(37-68-54(63)41-26-14-6-15-27-41)49(50)74-59(44-32-20-9-21-33-44)75-52-51(73-56(65)43-30-18-8-19-31-43)48(72-55(64)42-28-16-7-17-29-42)45(71-58(52)76-59)36-67-53(62)40-24-12-5-13-25-40/h3-33,45-52,57-58H,1,34-37H2,2H3,(H,60,61)/t45-,46-,47-,48+,49-,50+,51+,52-,57-,58-,59?/m1/s1. The van der Waals surface area contributed by atoms with Crippen LogP contribution in [-0.2, 0) is 69.5 Å². The van der Waals surface area contributed by atoms with Gasteiger partial charge in [-0.1, -0.05) is 140 Å². The van der Waals surface area contributed by atoms with Gasteiger partial charge in [-0.25, -0.2) is 19.2 Å². The highest BCUT2D eigenvalue weighted by Gasteiger charge is 2.64. The Balaban J connectivity index is 1.13. The number of hydrogen-bond acceptors (Lipinski definition) is 16. The molecule has 11 atom stereocenters. The molecule has 0 aliphatic carbocycles. The van der Waals surface area contributed by atoms with E-state index in [4.69, 9.17) is 52.1 Å². The molecule has 1 unspecified atom stereocenters. The van der Waals surface area contributed by atoms with E-state index in [1.54, 1.807) is 152 Å². The molecule has 0 spiro atoms. The molecule has 3 aliphatic rings. The largest absolute Gasteiger partial charge is 0.459 e. The van der Waals surface area contributed by atoms with Crippen LogP contribution in [0.2, 0.25) is 0 Å². The van der Waals surface area contributed by atoms with Crippen molar-refractivity contribution in [2.24, 2.45) is 0 Å². The lowest BCUT2D eigenvalue weighted by Gasteiger charge is -2.47. The van der Waals surface area contributed by atoms with E-state index in [1.807, 2.05) is 30.3 Å². The number of ether oxygens (including phenoxy) is 11. The number of rotatable bonds is 20. The number of hydrogen-bond donors (Lipinski definition) is 1. The summed E-state index contributed by atoms with van der Waals surface area (Å²) in [7, 11) is 0. The summed E-state index contributed by atoms with van der Waals surface area (Å²) >= 11 is 0. The van der Waals surface area contributed by atoms with Crippen molar-refractivity contribution in [2.75, 3.05) is 19.8 Å². The van der Waals surface area contributed by atoms with Crippen molar-refractivity contribution in [3.8, 4) is 0 Å². The van der Waals surface area contributed by atoms with Gasteiger partial charge in [0, 0.05) is 12.5 Å². The third-order valence-electron chi connectivity index (χ3n) is 12.5. The van der Waals surface area contributed by atoms with Crippen LogP contribution in [0.15, 0.2) is 195 Å². The summed E-state index contributed by atoms with van der Waals surface area (Å²) in [6.07, 6.45) is -11.0. The molecule has 0 aromatic heterocycles. The molecule has 0 radical (unpaired) electrons. The monoisotopic (exact) mass is 1030 g/mol. The minimum absolute atomic E-state index is 0.0413. The van der Waals surface area contributed by atoms with E-state index in [-0.39, 0.29) is 41.0 Å². The van der Waals surface area contributed by atoms with Gasteiger partial charge in [-0.05, 0) is 54.1 Å². The predicted octanol–water partition coefficient (Wildman–Crippen LogP) is 7.51. The van der Waals surface area contributed by atoms with E-state index < -0.39 is 110 Å². The summed E-state index contributed by atoms with van der Waals surface area (Å²) < 4.78 is 71.7. The van der Waals surface area contributed by atoms with Gasteiger partial charge in [0.15, 0.2) is 30.9 Å². The molecule has 0 saturated carbocycles. The highest BCUT2D eigenvalue weighted by Crippen LogP contribution is 2.47. The van der Waals surface area contributed by atoms with Crippen molar-refractivity contribution in [2.45, 2.75) is 80.9 Å². The maximum absolute atomic E-state index is 14.3. The van der Waals surface area contributed by atoms with Gasteiger partial charge >= 0.3 is 29.9 Å². The lowest BCUT2D eigenvalue weighted by Crippen LogP contribution is -2.67. The van der Waals surface area contributed by atoms with E-state index in [9.17, 15) is 24.0 Å². The number of fused-ring (bicyclic) bond motifs is 1. The number of carbonyl (C=O) groups excluding carboxylic acids is 5. The van der Waals surface area contributed by atoms with Crippen molar-refractivity contribution < 1.29 is 76.1 Å². The molecule has 392 valence electrons. The quantitative estimate of drug-likeness (QED) is 0.0447. The van der Waals surface area contributed by atoms with Crippen LogP contribution in [0.5, 0.6) is 0 Å². The Labute approximate surface area is 438 Å². The summed E-state index contributed by atoms with van der Waals surface area (Å²) in [5.74, 6) is -5.87. The highest BCUT2D eigenvalue weighted by atomic mass is 16.9. The molecule has 76 heavy (non-hydrogen) atoms. The van der Waals surface area contributed by atoms with Gasteiger partial charge in [-0.2, -0.15) is 0 Å². The first-order valence-electron chi connectivity index (χ1n) is 24.6. The van der Waals surface area contributed by atoms with Gasteiger partial charge in [0.1, 0.15) is 43.7 Å². The molecule has 1 N–H and O–H groups in total. The highest BCUT2D eigenvalue weighted by molar-refractivity contribution is 5.91. The Kier molecular flexibility index (Phi) is 17.5. The van der Waals surface area contributed by atoms with Gasteiger partial charge in [0.2, 0.25) is 5.91 Å². The third-order valence-corrected chi connectivity index (χ3v) is 12.5. The van der Waals surface area contributed by atoms with Crippen LogP contribution in [0, 0.1) is 0 Å². The number of amides is 1. The first kappa shape index (κ1) is 53.0. The number of benzene rings is 6. The van der Waals surface area contributed by atoms with E-state index in [0.717, 1.165) is 5.56 Å². The summed E-state index contributed by atoms with van der Waals surface area (Å²) in [6, 6.07) is 49.5. The molecule has 3 aliphatic heterocycles. The SMILES string of the molecule is C=CCO[C@H]1[C@@H](NC(C)=O)[C@H](OCc2ccccc2)O[C@H](COC(=O)c2ccccc2)[C@H]1OC1(c2ccccc2)O[C@H]2O[C@H](COC(=O)c3ccccc3)[C@H](OC(=O)c3ccccc3)[C@H](OC(=O)c3ccccc3)[C@H]2O1. The number of nitrogens with one attached hydrogen (secondary N) is 1. The van der Waals surface area contributed by atoms with Crippen molar-refractivity contribution in [1.29, 1.82) is 0 Å². The van der Waals surface area contributed by atoms with Crippen LogP contribution in [-0.4, -0.2) is 111 Å².